The number of nitrogens with zero attached hydrogens (tertiary/aromatic N) is 1. The fourth-order valence-corrected chi connectivity index (χ4v) is 9.45. The second kappa shape index (κ2) is 19.8. The minimum Gasteiger partial charge on any atom is -0.468 e. The number of rotatable bonds is 18. The van der Waals surface area contributed by atoms with Crippen LogP contribution in [-0.4, -0.2) is 61.0 Å². The largest absolute Gasteiger partial charge is 0.468 e. The summed E-state index contributed by atoms with van der Waals surface area (Å²) < 4.78 is 30.8. The van der Waals surface area contributed by atoms with Gasteiger partial charge in [-0.25, -0.2) is 4.79 Å². The lowest BCUT2D eigenvalue weighted by Gasteiger charge is -2.35. The van der Waals surface area contributed by atoms with Gasteiger partial charge >= 0.3 is 17.9 Å². The van der Waals surface area contributed by atoms with Crippen LogP contribution in [0.25, 0.3) is 0 Å². The predicted octanol–water partition coefficient (Wildman–Crippen LogP) is 11.1. The Kier molecular flexibility index (Phi) is 15.6. The SMILES string of the molecule is COC(=O)[C@H]1CCCN1Cc1c(C/C=C(\C)CC/C=C(\C)CC/C=C(\C)CCC=C(C)C)c(OC2CCCCO2)c(C)c(C)c1OC(=O)[C@@]12CC[C@@](C)(C(=O)O1)C2(C)C. The average Bonchev–Trinajstić information content (AvgIpc) is 3.79. The Labute approximate surface area is 355 Å². The summed E-state index contributed by atoms with van der Waals surface area (Å²) in [4.78, 5) is 43.0. The molecule has 4 aliphatic rings. The normalized spacial score (nSPS) is 25.9. The fourth-order valence-electron chi connectivity index (χ4n) is 9.45. The Hall–Kier alpha value is -3.69. The van der Waals surface area contributed by atoms with E-state index < -0.39 is 28.4 Å². The standard InChI is InChI=1S/C50H73NO8/c1-33(2)18-14-19-34(3)20-15-21-35(4)22-16-23-36(5)26-27-39-40(32-51-30-17-24-41(51)45(52)55-11)44(38(7)37(6)43(39)57-42-25-12-13-31-56-42)58-47(54)50-29-28-49(10,46(53)59-50)48(50,8)9/h18,20,22,26,41-42H,12-17,19,21,23-25,27-32H2,1-11H3/b34-20+,35-22+,36-26+/t41-,42?,49+,50-/m1/s1. The summed E-state index contributed by atoms with van der Waals surface area (Å²) in [6, 6.07) is -0.415. The Morgan fingerprint density at radius 1 is 0.797 bits per heavy atom. The number of allylic oxidation sites excluding steroid dienone is 8. The summed E-state index contributed by atoms with van der Waals surface area (Å²) in [5.74, 6) is 0.0120. The van der Waals surface area contributed by atoms with E-state index in [1.165, 1.54) is 29.4 Å². The molecular formula is C50H73NO8. The van der Waals surface area contributed by atoms with E-state index in [1.807, 2.05) is 34.6 Å². The van der Waals surface area contributed by atoms with E-state index in [0.29, 0.717) is 51.1 Å². The van der Waals surface area contributed by atoms with Crippen LogP contribution < -0.4 is 9.47 Å². The first kappa shape index (κ1) is 46.4. The van der Waals surface area contributed by atoms with Crippen molar-refractivity contribution in [3.8, 4) is 11.5 Å². The highest BCUT2D eigenvalue weighted by Gasteiger charge is 2.76. The van der Waals surface area contributed by atoms with Crippen molar-refractivity contribution in [3.05, 3.63) is 68.9 Å². The van der Waals surface area contributed by atoms with Crippen molar-refractivity contribution in [2.75, 3.05) is 20.3 Å². The van der Waals surface area contributed by atoms with Crippen molar-refractivity contribution in [3.63, 3.8) is 0 Å². The van der Waals surface area contributed by atoms with Crippen molar-refractivity contribution in [2.24, 2.45) is 10.8 Å². The summed E-state index contributed by atoms with van der Waals surface area (Å²) in [7, 11) is 1.43. The maximum Gasteiger partial charge on any atom is 0.356 e. The first-order valence-electron chi connectivity index (χ1n) is 22.3. The monoisotopic (exact) mass is 816 g/mol. The van der Waals surface area contributed by atoms with Crippen LogP contribution in [0.4, 0.5) is 0 Å². The molecule has 0 radical (unpaired) electrons. The third kappa shape index (κ3) is 10.1. The van der Waals surface area contributed by atoms with Crippen LogP contribution in [-0.2, 0) is 41.6 Å². The molecule has 2 bridgehead atoms. The fraction of sp³-hybridized carbons (Fsp3) is 0.660. The van der Waals surface area contributed by atoms with Gasteiger partial charge in [-0.15, -0.1) is 0 Å². The van der Waals surface area contributed by atoms with Crippen molar-refractivity contribution in [1.29, 1.82) is 0 Å². The lowest BCUT2D eigenvalue weighted by molar-refractivity contribution is -0.176. The van der Waals surface area contributed by atoms with Crippen molar-refractivity contribution >= 4 is 17.9 Å². The second-order valence-electron chi connectivity index (χ2n) is 18.7. The number of carbonyl (C=O) groups excluding carboxylic acids is 3. The molecule has 1 aliphatic carbocycles. The minimum atomic E-state index is -1.40. The van der Waals surface area contributed by atoms with Gasteiger partial charge in [-0.3, -0.25) is 14.5 Å². The molecule has 0 amide bonds. The topological polar surface area (TPSA) is 101 Å². The van der Waals surface area contributed by atoms with Crippen LogP contribution >= 0.6 is 0 Å². The van der Waals surface area contributed by atoms with E-state index in [2.05, 4.69) is 63.8 Å². The molecule has 0 spiro atoms. The molecule has 4 fully saturated rings. The lowest BCUT2D eigenvalue weighted by atomic mass is 9.66. The zero-order valence-electron chi connectivity index (χ0n) is 38.2. The zero-order valence-corrected chi connectivity index (χ0v) is 38.2. The van der Waals surface area contributed by atoms with E-state index in [9.17, 15) is 14.4 Å². The van der Waals surface area contributed by atoms with E-state index in [-0.39, 0.29) is 18.2 Å². The molecule has 326 valence electrons. The van der Waals surface area contributed by atoms with Crippen molar-refractivity contribution in [2.45, 2.75) is 184 Å². The van der Waals surface area contributed by atoms with Crippen LogP contribution in [0, 0.1) is 24.7 Å². The molecule has 0 aromatic heterocycles. The van der Waals surface area contributed by atoms with Crippen LogP contribution in [0.2, 0.25) is 0 Å². The highest BCUT2D eigenvalue weighted by molar-refractivity contribution is 5.94. The van der Waals surface area contributed by atoms with E-state index >= 15 is 0 Å². The van der Waals surface area contributed by atoms with Gasteiger partial charge in [-0.1, -0.05) is 60.4 Å². The van der Waals surface area contributed by atoms with Gasteiger partial charge in [0.25, 0.3) is 0 Å². The number of hydrogen-bond acceptors (Lipinski definition) is 9. The van der Waals surface area contributed by atoms with Crippen LogP contribution in [0.1, 0.15) is 161 Å². The molecule has 0 N–H and O–H groups in total. The molecule has 3 aliphatic heterocycles. The Morgan fingerprint density at radius 2 is 1.42 bits per heavy atom. The summed E-state index contributed by atoms with van der Waals surface area (Å²) in [6.45, 7) is 22.4. The van der Waals surface area contributed by atoms with Crippen LogP contribution in [0.3, 0.4) is 0 Å². The van der Waals surface area contributed by atoms with E-state index in [0.717, 1.165) is 92.2 Å². The first-order chi connectivity index (χ1) is 28.0. The third-order valence-electron chi connectivity index (χ3n) is 14.2. The van der Waals surface area contributed by atoms with Gasteiger partial charge in [0, 0.05) is 29.5 Å². The second-order valence-corrected chi connectivity index (χ2v) is 18.7. The van der Waals surface area contributed by atoms with Crippen molar-refractivity contribution in [1.82, 2.24) is 4.90 Å². The molecular weight excluding hydrogens is 743 g/mol. The van der Waals surface area contributed by atoms with Crippen LogP contribution in [0.15, 0.2) is 46.6 Å². The number of esters is 3. The van der Waals surface area contributed by atoms with Gasteiger partial charge in [0.05, 0.1) is 19.1 Å². The molecule has 59 heavy (non-hydrogen) atoms. The summed E-state index contributed by atoms with van der Waals surface area (Å²) in [5, 5.41) is 0. The summed E-state index contributed by atoms with van der Waals surface area (Å²) in [5.41, 5.74) is 5.90. The number of carbonyl (C=O) groups is 3. The first-order valence-corrected chi connectivity index (χ1v) is 22.3. The maximum absolute atomic E-state index is 14.6. The van der Waals surface area contributed by atoms with Gasteiger partial charge < -0.3 is 23.7 Å². The number of ether oxygens (including phenoxy) is 5. The van der Waals surface area contributed by atoms with Gasteiger partial charge in [0.15, 0.2) is 6.29 Å². The van der Waals surface area contributed by atoms with Gasteiger partial charge in [-0.05, 0) is 157 Å². The Balaban J connectivity index is 1.47. The van der Waals surface area contributed by atoms with Gasteiger partial charge in [0.2, 0.25) is 5.60 Å². The Morgan fingerprint density at radius 3 is 1.98 bits per heavy atom. The predicted molar refractivity (Wildman–Crippen MR) is 233 cm³/mol. The van der Waals surface area contributed by atoms with Gasteiger partial charge in [0.1, 0.15) is 17.5 Å². The van der Waals surface area contributed by atoms with E-state index in [4.69, 9.17) is 23.7 Å². The number of hydrogen-bond donors (Lipinski definition) is 0. The highest BCUT2D eigenvalue weighted by Crippen LogP contribution is 2.66. The molecule has 9 heteroatoms. The number of likely N-dealkylation sites (tertiary alicyclic amines) is 1. The Bertz CT molecular complexity index is 1840. The van der Waals surface area contributed by atoms with Crippen molar-refractivity contribution < 1.29 is 38.1 Å². The molecule has 9 nitrogen and oxygen atoms in total. The minimum absolute atomic E-state index is 0.271. The smallest absolute Gasteiger partial charge is 0.356 e. The summed E-state index contributed by atoms with van der Waals surface area (Å²) >= 11 is 0. The number of methoxy groups -OCH3 is 1. The molecule has 3 saturated heterocycles. The summed E-state index contributed by atoms with van der Waals surface area (Å²) in [6.07, 6.45) is 20.9. The molecule has 1 saturated carbocycles. The zero-order chi connectivity index (χ0) is 43.1. The van der Waals surface area contributed by atoms with Gasteiger partial charge in [-0.2, -0.15) is 0 Å². The third-order valence-corrected chi connectivity index (χ3v) is 14.2. The molecule has 4 atom stereocenters. The number of benzene rings is 1. The van der Waals surface area contributed by atoms with Crippen LogP contribution in [0.5, 0.6) is 11.5 Å². The molecule has 1 aromatic rings. The maximum atomic E-state index is 14.6. The highest BCUT2D eigenvalue weighted by atomic mass is 16.7. The molecule has 3 heterocycles. The molecule has 5 rings (SSSR count). The quantitative estimate of drug-likeness (QED) is 0.0814. The average molecular weight is 816 g/mol. The molecule has 1 aromatic carbocycles. The number of fused-ring (bicyclic) bond motifs is 2. The molecule has 1 unspecified atom stereocenters. The lowest BCUT2D eigenvalue weighted by Crippen LogP contribution is -2.50. The van der Waals surface area contributed by atoms with E-state index in [1.54, 1.807) is 0 Å².